The van der Waals surface area contributed by atoms with Crippen LogP contribution in [0, 0.1) is 0 Å². The van der Waals surface area contributed by atoms with Gasteiger partial charge in [0, 0.05) is 30.2 Å². The van der Waals surface area contributed by atoms with E-state index in [1.165, 1.54) is 31.2 Å². The van der Waals surface area contributed by atoms with Crippen LogP contribution in [0.5, 0.6) is 0 Å². The molecule has 2 bridgehead atoms. The number of piperidine rings is 1. The van der Waals surface area contributed by atoms with Gasteiger partial charge < -0.3 is 9.73 Å². The predicted molar refractivity (Wildman–Crippen MR) is 63.1 cm³/mol. The molecule has 3 heteroatoms. The van der Waals surface area contributed by atoms with E-state index in [1.807, 2.05) is 6.26 Å². The Morgan fingerprint density at radius 1 is 1.38 bits per heavy atom. The van der Waals surface area contributed by atoms with Crippen molar-refractivity contribution in [1.29, 1.82) is 0 Å². The lowest BCUT2D eigenvalue weighted by Crippen LogP contribution is -2.46. The van der Waals surface area contributed by atoms with E-state index in [2.05, 4.69) is 23.3 Å². The molecule has 2 unspecified atom stereocenters. The van der Waals surface area contributed by atoms with Crippen LogP contribution in [-0.4, -0.2) is 30.1 Å². The summed E-state index contributed by atoms with van der Waals surface area (Å²) in [4.78, 5) is 2.48. The van der Waals surface area contributed by atoms with Crippen LogP contribution in [0.1, 0.15) is 31.2 Å². The third kappa shape index (κ3) is 2.02. The summed E-state index contributed by atoms with van der Waals surface area (Å²) in [7, 11) is 2.24. The molecule has 1 aromatic rings. The van der Waals surface area contributed by atoms with Gasteiger partial charge in [0.2, 0.25) is 0 Å². The first-order valence-corrected chi connectivity index (χ1v) is 6.28. The Morgan fingerprint density at radius 2 is 2.12 bits per heavy atom. The molecule has 16 heavy (non-hydrogen) atoms. The zero-order valence-electron chi connectivity index (χ0n) is 9.86. The van der Waals surface area contributed by atoms with Gasteiger partial charge in [0.15, 0.2) is 0 Å². The van der Waals surface area contributed by atoms with E-state index >= 15 is 0 Å². The van der Waals surface area contributed by atoms with Crippen LogP contribution in [0.3, 0.4) is 0 Å². The number of nitrogens with zero attached hydrogens (tertiary/aromatic N) is 1. The van der Waals surface area contributed by atoms with Crippen molar-refractivity contribution in [1.82, 2.24) is 10.2 Å². The average molecular weight is 220 g/mol. The second-order valence-corrected chi connectivity index (χ2v) is 5.31. The van der Waals surface area contributed by atoms with Gasteiger partial charge in [0.25, 0.3) is 0 Å². The minimum atomic E-state index is 0.744. The molecular weight excluding hydrogens is 200 g/mol. The topological polar surface area (TPSA) is 28.4 Å². The molecule has 0 radical (unpaired) electrons. The maximum atomic E-state index is 5.12. The number of furan rings is 1. The molecule has 0 saturated carbocycles. The first-order valence-electron chi connectivity index (χ1n) is 6.28. The minimum Gasteiger partial charge on any atom is -0.472 e. The number of nitrogens with one attached hydrogen (secondary N) is 1. The summed E-state index contributed by atoms with van der Waals surface area (Å²) < 4.78 is 5.12. The van der Waals surface area contributed by atoms with Gasteiger partial charge in [-0.15, -0.1) is 0 Å². The SMILES string of the molecule is CN(Cc1ccoc1)C1CC2CCC(C1)N2. The molecule has 2 saturated heterocycles. The fourth-order valence-corrected chi connectivity index (χ4v) is 3.19. The maximum absolute atomic E-state index is 5.12. The van der Waals surface area contributed by atoms with Gasteiger partial charge in [-0.1, -0.05) is 0 Å². The third-order valence-electron chi connectivity index (χ3n) is 4.08. The van der Waals surface area contributed by atoms with Crippen molar-refractivity contribution in [3.05, 3.63) is 24.2 Å². The fourth-order valence-electron chi connectivity index (χ4n) is 3.19. The lowest BCUT2D eigenvalue weighted by atomic mass is 9.98. The molecule has 2 fully saturated rings. The van der Waals surface area contributed by atoms with Crippen LogP contribution in [-0.2, 0) is 6.54 Å². The lowest BCUT2D eigenvalue weighted by Gasteiger charge is -2.35. The standard InChI is InChI=1S/C13H20N2O/c1-15(8-10-4-5-16-9-10)13-6-11-2-3-12(7-13)14-11/h4-5,9,11-14H,2-3,6-8H2,1H3. The lowest BCUT2D eigenvalue weighted by molar-refractivity contribution is 0.165. The van der Waals surface area contributed by atoms with E-state index in [0.29, 0.717) is 0 Å². The van der Waals surface area contributed by atoms with E-state index in [9.17, 15) is 0 Å². The molecule has 2 aliphatic heterocycles. The molecule has 1 N–H and O–H groups in total. The van der Waals surface area contributed by atoms with Crippen LogP contribution >= 0.6 is 0 Å². The molecule has 2 atom stereocenters. The van der Waals surface area contributed by atoms with Crippen molar-refractivity contribution in [3.63, 3.8) is 0 Å². The van der Waals surface area contributed by atoms with Crippen molar-refractivity contribution in [3.8, 4) is 0 Å². The second-order valence-electron chi connectivity index (χ2n) is 5.31. The molecule has 3 nitrogen and oxygen atoms in total. The summed E-state index contributed by atoms with van der Waals surface area (Å²) in [5.74, 6) is 0. The Hall–Kier alpha value is -0.800. The molecule has 2 aliphatic rings. The predicted octanol–water partition coefficient (Wildman–Crippen LogP) is 1.99. The minimum absolute atomic E-state index is 0.744. The van der Waals surface area contributed by atoms with Crippen molar-refractivity contribution in [2.75, 3.05) is 7.05 Å². The zero-order chi connectivity index (χ0) is 11.0. The van der Waals surface area contributed by atoms with Gasteiger partial charge in [0.1, 0.15) is 0 Å². The largest absolute Gasteiger partial charge is 0.472 e. The van der Waals surface area contributed by atoms with Crippen molar-refractivity contribution < 1.29 is 4.42 Å². The molecule has 0 aromatic carbocycles. The summed E-state index contributed by atoms with van der Waals surface area (Å²) in [6.45, 7) is 1.01. The smallest absolute Gasteiger partial charge is 0.0947 e. The Kier molecular flexibility index (Phi) is 2.74. The van der Waals surface area contributed by atoms with E-state index < -0.39 is 0 Å². The summed E-state index contributed by atoms with van der Waals surface area (Å²) in [5.41, 5.74) is 1.29. The number of rotatable bonds is 3. The summed E-state index contributed by atoms with van der Waals surface area (Å²) >= 11 is 0. The average Bonchev–Trinajstić information content (AvgIpc) is 2.89. The van der Waals surface area contributed by atoms with Crippen molar-refractivity contribution in [2.24, 2.45) is 0 Å². The highest BCUT2D eigenvalue weighted by Crippen LogP contribution is 2.29. The Balaban J connectivity index is 1.60. The molecule has 0 amide bonds. The number of fused-ring (bicyclic) bond motifs is 2. The van der Waals surface area contributed by atoms with E-state index in [1.54, 1.807) is 6.26 Å². The van der Waals surface area contributed by atoms with Crippen LogP contribution in [0.25, 0.3) is 0 Å². The molecule has 3 heterocycles. The molecule has 88 valence electrons. The van der Waals surface area contributed by atoms with Gasteiger partial charge in [-0.2, -0.15) is 0 Å². The molecule has 0 aliphatic carbocycles. The number of hydrogen-bond donors (Lipinski definition) is 1. The van der Waals surface area contributed by atoms with Crippen LogP contribution in [0.2, 0.25) is 0 Å². The van der Waals surface area contributed by atoms with Crippen LogP contribution in [0.15, 0.2) is 23.0 Å². The van der Waals surface area contributed by atoms with E-state index in [-0.39, 0.29) is 0 Å². The Bertz CT molecular complexity index is 324. The van der Waals surface area contributed by atoms with E-state index in [4.69, 9.17) is 4.42 Å². The van der Waals surface area contributed by atoms with Gasteiger partial charge in [0.05, 0.1) is 12.5 Å². The molecule has 1 aromatic heterocycles. The van der Waals surface area contributed by atoms with E-state index in [0.717, 1.165) is 24.7 Å². The first-order chi connectivity index (χ1) is 7.81. The van der Waals surface area contributed by atoms with Gasteiger partial charge in [-0.3, -0.25) is 4.90 Å². The Labute approximate surface area is 96.8 Å². The monoisotopic (exact) mass is 220 g/mol. The normalized spacial score (nSPS) is 33.5. The molecule has 3 rings (SSSR count). The molecular formula is C13H20N2O. The quantitative estimate of drug-likeness (QED) is 0.844. The maximum Gasteiger partial charge on any atom is 0.0947 e. The number of hydrogen-bond acceptors (Lipinski definition) is 3. The highest BCUT2D eigenvalue weighted by atomic mass is 16.3. The molecule has 0 spiro atoms. The second kappa shape index (κ2) is 4.22. The third-order valence-corrected chi connectivity index (χ3v) is 4.08. The summed E-state index contributed by atoms with van der Waals surface area (Å²) in [6, 6.07) is 4.35. The summed E-state index contributed by atoms with van der Waals surface area (Å²) in [6.07, 6.45) is 8.98. The first kappa shape index (κ1) is 10.4. The Morgan fingerprint density at radius 3 is 2.75 bits per heavy atom. The van der Waals surface area contributed by atoms with Crippen molar-refractivity contribution in [2.45, 2.75) is 50.4 Å². The fraction of sp³-hybridized carbons (Fsp3) is 0.692. The highest BCUT2D eigenvalue weighted by Gasteiger charge is 2.34. The zero-order valence-corrected chi connectivity index (χ0v) is 9.86. The van der Waals surface area contributed by atoms with Gasteiger partial charge in [-0.25, -0.2) is 0 Å². The summed E-state index contributed by atoms with van der Waals surface area (Å²) in [5, 5.41) is 3.69. The highest BCUT2D eigenvalue weighted by molar-refractivity contribution is 5.05. The van der Waals surface area contributed by atoms with Gasteiger partial charge >= 0.3 is 0 Å². The van der Waals surface area contributed by atoms with Crippen molar-refractivity contribution >= 4 is 0 Å². The van der Waals surface area contributed by atoms with Crippen LogP contribution in [0.4, 0.5) is 0 Å². The van der Waals surface area contributed by atoms with Gasteiger partial charge in [-0.05, 0) is 38.8 Å². The van der Waals surface area contributed by atoms with Crippen LogP contribution < -0.4 is 5.32 Å².